The molecule has 0 amide bonds. The van der Waals surface area contributed by atoms with Crippen molar-refractivity contribution in [2.75, 3.05) is 31.2 Å². The van der Waals surface area contributed by atoms with E-state index in [1.807, 2.05) is 0 Å². The molecule has 0 N–H and O–H groups in total. The second-order valence-electron chi connectivity index (χ2n) is 4.66. The minimum absolute atomic E-state index is 0.00566. The topological polar surface area (TPSA) is 43.2 Å². The van der Waals surface area contributed by atoms with Gasteiger partial charge in [-0.3, -0.25) is 0 Å². The van der Waals surface area contributed by atoms with Crippen molar-refractivity contribution < 1.29 is 13.5 Å². The largest absolute Gasteiger partial charge is 0.378 e. The van der Waals surface area contributed by atoms with Crippen LogP contribution in [0.15, 0.2) is 18.3 Å². The molecule has 0 bridgehead atoms. The van der Waals surface area contributed by atoms with Crippen molar-refractivity contribution >= 4 is 5.69 Å². The number of halogens is 2. The van der Waals surface area contributed by atoms with E-state index in [4.69, 9.17) is 4.74 Å². The zero-order valence-electron chi connectivity index (χ0n) is 11.0. The van der Waals surface area contributed by atoms with Crippen molar-refractivity contribution in [3.05, 3.63) is 35.7 Å². The maximum atomic E-state index is 14.2. The second-order valence-corrected chi connectivity index (χ2v) is 4.66. The highest BCUT2D eigenvalue weighted by Gasteiger charge is 2.20. The van der Waals surface area contributed by atoms with Crippen LogP contribution in [-0.4, -0.2) is 41.3 Å². The van der Waals surface area contributed by atoms with Gasteiger partial charge in [-0.1, -0.05) is 5.21 Å². The van der Waals surface area contributed by atoms with Crippen LogP contribution in [0.3, 0.4) is 0 Å². The molecule has 0 radical (unpaired) electrons. The number of benzene rings is 1. The first-order valence-electron chi connectivity index (χ1n) is 6.36. The van der Waals surface area contributed by atoms with Gasteiger partial charge in [-0.2, -0.15) is 0 Å². The van der Waals surface area contributed by atoms with E-state index >= 15 is 0 Å². The van der Waals surface area contributed by atoms with E-state index in [9.17, 15) is 8.78 Å². The van der Waals surface area contributed by atoms with Gasteiger partial charge in [0.15, 0.2) is 11.6 Å². The molecule has 106 valence electrons. The van der Waals surface area contributed by atoms with Gasteiger partial charge in [0.05, 0.1) is 30.8 Å². The highest BCUT2D eigenvalue weighted by molar-refractivity contribution is 5.54. The predicted octanol–water partition coefficient (Wildman–Crippen LogP) is 1.69. The molecule has 1 fully saturated rings. The van der Waals surface area contributed by atoms with E-state index in [-0.39, 0.29) is 5.69 Å². The number of aryl methyl sites for hydroxylation is 1. The Morgan fingerprint density at radius 1 is 1.15 bits per heavy atom. The third kappa shape index (κ3) is 2.36. The molecule has 7 heteroatoms. The number of anilines is 1. The molecular weight excluding hydrogens is 266 g/mol. The summed E-state index contributed by atoms with van der Waals surface area (Å²) in [7, 11) is 0. The van der Waals surface area contributed by atoms with E-state index in [1.165, 1.54) is 16.8 Å². The van der Waals surface area contributed by atoms with Gasteiger partial charge in [0, 0.05) is 25.2 Å². The van der Waals surface area contributed by atoms with Crippen molar-refractivity contribution in [1.82, 2.24) is 15.0 Å². The van der Waals surface area contributed by atoms with Crippen molar-refractivity contribution in [3.8, 4) is 5.69 Å². The normalized spacial score (nSPS) is 15.7. The lowest BCUT2D eigenvalue weighted by Gasteiger charge is -2.29. The summed E-state index contributed by atoms with van der Waals surface area (Å²) in [5.41, 5.74) is 0.995. The lowest BCUT2D eigenvalue weighted by molar-refractivity contribution is 0.122. The van der Waals surface area contributed by atoms with Gasteiger partial charge in [-0.15, -0.1) is 5.10 Å². The van der Waals surface area contributed by atoms with Crippen molar-refractivity contribution in [3.63, 3.8) is 0 Å². The first-order valence-corrected chi connectivity index (χ1v) is 6.36. The van der Waals surface area contributed by atoms with Crippen LogP contribution in [0.1, 0.15) is 5.69 Å². The molecule has 1 aromatic heterocycles. The number of rotatable bonds is 2. The zero-order chi connectivity index (χ0) is 14.1. The average molecular weight is 280 g/mol. The summed E-state index contributed by atoms with van der Waals surface area (Å²) in [6, 6.07) is 2.53. The van der Waals surface area contributed by atoms with Crippen LogP contribution in [0.5, 0.6) is 0 Å². The molecule has 2 heterocycles. The molecular formula is C13H14F2N4O. The Labute approximate surface area is 114 Å². The molecule has 1 aliphatic rings. The summed E-state index contributed by atoms with van der Waals surface area (Å²) in [6.45, 7) is 3.68. The van der Waals surface area contributed by atoms with Crippen molar-refractivity contribution in [1.29, 1.82) is 0 Å². The zero-order valence-corrected chi connectivity index (χ0v) is 11.0. The second kappa shape index (κ2) is 5.16. The van der Waals surface area contributed by atoms with Gasteiger partial charge in [-0.25, -0.2) is 13.5 Å². The molecule has 0 atom stereocenters. The number of nitrogens with zero attached hydrogens (tertiary/aromatic N) is 4. The molecule has 0 aliphatic carbocycles. The smallest absolute Gasteiger partial charge is 0.151 e. The van der Waals surface area contributed by atoms with Gasteiger partial charge >= 0.3 is 0 Å². The number of ether oxygens (including phenoxy) is 1. The quantitative estimate of drug-likeness (QED) is 0.839. The molecule has 1 aromatic carbocycles. The van der Waals surface area contributed by atoms with E-state index in [0.29, 0.717) is 37.7 Å². The summed E-state index contributed by atoms with van der Waals surface area (Å²) in [4.78, 5) is 1.66. The Morgan fingerprint density at radius 3 is 2.35 bits per heavy atom. The van der Waals surface area contributed by atoms with Crippen LogP contribution in [0.25, 0.3) is 5.69 Å². The maximum absolute atomic E-state index is 14.2. The van der Waals surface area contributed by atoms with Crippen LogP contribution in [-0.2, 0) is 4.74 Å². The SMILES string of the molecule is Cc1cn(-c2cc(F)c(N3CCOCC3)c(F)c2)nn1. The van der Waals surface area contributed by atoms with E-state index in [2.05, 4.69) is 10.3 Å². The van der Waals surface area contributed by atoms with E-state index < -0.39 is 11.6 Å². The van der Waals surface area contributed by atoms with Crippen LogP contribution in [0, 0.1) is 18.6 Å². The number of morpholine rings is 1. The molecule has 3 rings (SSSR count). The highest BCUT2D eigenvalue weighted by Crippen LogP contribution is 2.27. The van der Waals surface area contributed by atoms with Crippen LogP contribution in [0.4, 0.5) is 14.5 Å². The van der Waals surface area contributed by atoms with Gasteiger partial charge in [0.1, 0.15) is 5.69 Å². The third-order valence-corrected chi connectivity index (χ3v) is 3.20. The Hall–Kier alpha value is -2.02. The minimum Gasteiger partial charge on any atom is -0.378 e. The Balaban J connectivity index is 1.97. The standard InChI is InChI=1S/C13H14F2N4O/c1-9-8-19(17-16-9)10-6-11(14)13(12(15)7-10)18-2-4-20-5-3-18/h6-8H,2-5H2,1H3. The molecule has 0 spiro atoms. The number of hydrogen-bond acceptors (Lipinski definition) is 4. The Bertz CT molecular complexity index is 600. The summed E-state index contributed by atoms with van der Waals surface area (Å²) in [6.07, 6.45) is 1.61. The Morgan fingerprint density at radius 2 is 1.80 bits per heavy atom. The predicted molar refractivity (Wildman–Crippen MR) is 69.0 cm³/mol. The molecule has 1 saturated heterocycles. The highest BCUT2D eigenvalue weighted by atomic mass is 19.1. The summed E-state index contributed by atoms with van der Waals surface area (Å²) >= 11 is 0. The fraction of sp³-hybridized carbons (Fsp3) is 0.385. The summed E-state index contributed by atoms with van der Waals surface area (Å²) in [5.74, 6) is -1.20. The minimum atomic E-state index is -0.602. The molecule has 0 saturated carbocycles. The van der Waals surface area contributed by atoms with Gasteiger partial charge in [-0.05, 0) is 6.92 Å². The fourth-order valence-electron chi connectivity index (χ4n) is 2.25. The van der Waals surface area contributed by atoms with Crippen LogP contribution in [0.2, 0.25) is 0 Å². The van der Waals surface area contributed by atoms with Gasteiger partial charge in [0.2, 0.25) is 0 Å². The van der Waals surface area contributed by atoms with E-state index in [1.54, 1.807) is 18.0 Å². The molecule has 0 unspecified atom stereocenters. The van der Waals surface area contributed by atoms with Crippen molar-refractivity contribution in [2.45, 2.75) is 6.92 Å². The summed E-state index contributed by atoms with van der Waals surface area (Å²) in [5, 5.41) is 7.62. The Kier molecular flexibility index (Phi) is 3.35. The fourth-order valence-corrected chi connectivity index (χ4v) is 2.25. The third-order valence-electron chi connectivity index (χ3n) is 3.20. The first kappa shape index (κ1) is 13.0. The number of aromatic nitrogens is 3. The van der Waals surface area contributed by atoms with Gasteiger partial charge < -0.3 is 9.64 Å². The molecule has 5 nitrogen and oxygen atoms in total. The monoisotopic (exact) mass is 280 g/mol. The lowest BCUT2D eigenvalue weighted by atomic mass is 10.2. The molecule has 20 heavy (non-hydrogen) atoms. The van der Waals surface area contributed by atoms with Gasteiger partial charge in [0.25, 0.3) is 0 Å². The maximum Gasteiger partial charge on any atom is 0.151 e. The first-order chi connectivity index (χ1) is 9.65. The van der Waals surface area contributed by atoms with Crippen LogP contribution < -0.4 is 4.90 Å². The van der Waals surface area contributed by atoms with Crippen molar-refractivity contribution in [2.24, 2.45) is 0 Å². The molecule has 2 aromatic rings. The molecule has 1 aliphatic heterocycles. The summed E-state index contributed by atoms with van der Waals surface area (Å²) < 4.78 is 34.9. The lowest BCUT2D eigenvalue weighted by Crippen LogP contribution is -2.37. The van der Waals surface area contributed by atoms with Crippen LogP contribution >= 0.6 is 0 Å². The number of hydrogen-bond donors (Lipinski definition) is 0. The van der Waals surface area contributed by atoms with E-state index in [0.717, 1.165) is 0 Å². The average Bonchev–Trinajstić information content (AvgIpc) is 2.86.